The highest BCUT2D eigenvalue weighted by Crippen LogP contribution is 2.52. The first-order chi connectivity index (χ1) is 15.8. The second kappa shape index (κ2) is 7.85. The normalized spacial score (nSPS) is 24.1. The summed E-state index contributed by atoms with van der Waals surface area (Å²) < 4.78 is 2.07. The van der Waals surface area contributed by atoms with Gasteiger partial charge in [0.15, 0.2) is 5.78 Å². The predicted molar refractivity (Wildman–Crippen MR) is 130 cm³/mol. The maximum atomic E-state index is 12.8. The number of ketones is 1. The van der Waals surface area contributed by atoms with E-state index >= 15 is 0 Å². The van der Waals surface area contributed by atoms with Gasteiger partial charge in [0, 0.05) is 22.5 Å². The first-order valence-electron chi connectivity index (χ1n) is 11.8. The van der Waals surface area contributed by atoms with E-state index in [1.54, 1.807) is 0 Å². The lowest BCUT2D eigenvalue weighted by Gasteiger charge is -2.45. The van der Waals surface area contributed by atoms with Crippen LogP contribution in [0.4, 0.5) is 0 Å². The van der Waals surface area contributed by atoms with E-state index < -0.39 is 5.41 Å². The summed E-state index contributed by atoms with van der Waals surface area (Å²) in [5, 5.41) is 14.9. The van der Waals surface area contributed by atoms with Crippen molar-refractivity contribution >= 4 is 5.78 Å². The molecule has 1 aromatic heterocycles. The summed E-state index contributed by atoms with van der Waals surface area (Å²) in [6, 6.07) is 21.1. The standard InChI is InChI=1S/C29H29N3O/c1-18(2)20-10-12-23(13-11-20)32-28-24(26(31-32)21-8-6-5-7-9-21)14-15-25-19(3)27(33)22(17-30)16-29(25,28)4/h5-13,16,18-19,25H,14-15H2,1-4H3/t19-,25-,29-/m1/s1. The largest absolute Gasteiger partial charge is 0.293 e. The molecule has 33 heavy (non-hydrogen) atoms. The van der Waals surface area contributed by atoms with E-state index in [1.807, 2.05) is 31.2 Å². The summed E-state index contributed by atoms with van der Waals surface area (Å²) in [6.45, 7) is 8.55. The van der Waals surface area contributed by atoms with Gasteiger partial charge in [-0.05, 0) is 42.4 Å². The molecule has 0 amide bonds. The summed E-state index contributed by atoms with van der Waals surface area (Å²) in [5.74, 6) is 0.385. The summed E-state index contributed by atoms with van der Waals surface area (Å²) in [7, 11) is 0. The Morgan fingerprint density at radius 2 is 1.82 bits per heavy atom. The highest BCUT2D eigenvalue weighted by atomic mass is 16.1. The molecule has 2 aliphatic rings. The van der Waals surface area contributed by atoms with Crippen molar-refractivity contribution in [1.29, 1.82) is 5.26 Å². The summed E-state index contributed by atoms with van der Waals surface area (Å²) >= 11 is 0. The first kappa shape index (κ1) is 21.4. The van der Waals surface area contributed by atoms with Crippen LogP contribution in [0.5, 0.6) is 0 Å². The minimum Gasteiger partial charge on any atom is -0.293 e. The van der Waals surface area contributed by atoms with Crippen molar-refractivity contribution in [2.45, 2.75) is 51.9 Å². The SMILES string of the molecule is CC(C)c1ccc(-n2nc(-c3ccccc3)c3c2[C@]2(C)C=C(C#N)C(=O)[C@H](C)[C@H]2CC3)cc1. The monoisotopic (exact) mass is 435 g/mol. The summed E-state index contributed by atoms with van der Waals surface area (Å²) in [6.07, 6.45) is 3.70. The van der Waals surface area contributed by atoms with Crippen molar-refractivity contribution in [3.63, 3.8) is 0 Å². The molecule has 0 bridgehead atoms. The van der Waals surface area contributed by atoms with Crippen LogP contribution in [0.1, 0.15) is 56.9 Å². The molecule has 0 unspecified atom stereocenters. The number of benzene rings is 2. The average molecular weight is 436 g/mol. The van der Waals surface area contributed by atoms with Crippen LogP contribution in [0.2, 0.25) is 0 Å². The smallest absolute Gasteiger partial charge is 0.176 e. The molecular formula is C29H29N3O. The second-order valence-corrected chi connectivity index (χ2v) is 9.95. The maximum Gasteiger partial charge on any atom is 0.176 e. The van der Waals surface area contributed by atoms with Gasteiger partial charge in [-0.1, -0.05) is 76.2 Å². The van der Waals surface area contributed by atoms with E-state index in [0.29, 0.717) is 5.92 Å². The van der Waals surface area contributed by atoms with Gasteiger partial charge in [-0.25, -0.2) is 4.68 Å². The molecule has 5 rings (SSSR count). The van der Waals surface area contributed by atoms with E-state index in [-0.39, 0.29) is 23.2 Å². The molecule has 0 radical (unpaired) electrons. The third-order valence-electron chi connectivity index (χ3n) is 7.67. The van der Waals surface area contributed by atoms with Crippen molar-refractivity contribution in [2.75, 3.05) is 0 Å². The number of carbonyl (C=O) groups excluding carboxylic acids is 1. The Balaban J connectivity index is 1.78. The molecule has 0 saturated carbocycles. The molecule has 2 aromatic carbocycles. The highest BCUT2D eigenvalue weighted by Gasteiger charge is 2.50. The van der Waals surface area contributed by atoms with Gasteiger partial charge in [0.1, 0.15) is 6.07 Å². The molecule has 0 saturated heterocycles. The van der Waals surface area contributed by atoms with Crippen LogP contribution >= 0.6 is 0 Å². The zero-order valence-electron chi connectivity index (χ0n) is 19.7. The molecule has 1 heterocycles. The Bertz CT molecular complexity index is 1290. The fourth-order valence-electron chi connectivity index (χ4n) is 5.86. The maximum absolute atomic E-state index is 12.8. The van der Waals surface area contributed by atoms with Crippen LogP contribution in [0.25, 0.3) is 16.9 Å². The lowest BCUT2D eigenvalue weighted by Crippen LogP contribution is -2.46. The number of carbonyl (C=O) groups is 1. The fraction of sp³-hybridized carbons (Fsp3) is 0.345. The third kappa shape index (κ3) is 3.26. The van der Waals surface area contributed by atoms with Gasteiger partial charge in [-0.2, -0.15) is 10.4 Å². The van der Waals surface area contributed by atoms with Crippen molar-refractivity contribution in [3.8, 4) is 23.0 Å². The zero-order valence-corrected chi connectivity index (χ0v) is 19.7. The number of nitriles is 1. The van der Waals surface area contributed by atoms with Crippen LogP contribution in [0, 0.1) is 23.2 Å². The molecule has 166 valence electrons. The van der Waals surface area contributed by atoms with Gasteiger partial charge >= 0.3 is 0 Å². The van der Waals surface area contributed by atoms with Gasteiger partial charge in [0.25, 0.3) is 0 Å². The average Bonchev–Trinajstić information content (AvgIpc) is 3.23. The fourth-order valence-corrected chi connectivity index (χ4v) is 5.86. The Morgan fingerprint density at radius 1 is 1.12 bits per heavy atom. The van der Waals surface area contributed by atoms with Crippen LogP contribution in [0.3, 0.4) is 0 Å². The van der Waals surface area contributed by atoms with E-state index in [9.17, 15) is 10.1 Å². The predicted octanol–water partition coefficient (Wildman–Crippen LogP) is 6.15. The quantitative estimate of drug-likeness (QED) is 0.496. The number of hydrogen-bond donors (Lipinski definition) is 0. The topological polar surface area (TPSA) is 58.7 Å². The van der Waals surface area contributed by atoms with Gasteiger partial charge < -0.3 is 0 Å². The summed E-state index contributed by atoms with van der Waals surface area (Å²) in [4.78, 5) is 12.8. The van der Waals surface area contributed by atoms with Crippen LogP contribution in [0.15, 0.2) is 66.2 Å². The first-order valence-corrected chi connectivity index (χ1v) is 11.8. The molecule has 3 aromatic rings. The molecule has 2 aliphatic carbocycles. The van der Waals surface area contributed by atoms with Crippen LogP contribution < -0.4 is 0 Å². The number of fused-ring (bicyclic) bond motifs is 3. The Labute approximate surface area is 195 Å². The zero-order chi connectivity index (χ0) is 23.3. The molecule has 0 N–H and O–H groups in total. The van der Waals surface area contributed by atoms with Crippen LogP contribution in [-0.4, -0.2) is 15.6 Å². The Kier molecular flexibility index (Phi) is 5.09. The molecule has 4 heteroatoms. The second-order valence-electron chi connectivity index (χ2n) is 9.95. The van der Waals surface area contributed by atoms with Gasteiger partial charge in [0.2, 0.25) is 0 Å². The van der Waals surface area contributed by atoms with Crippen molar-refractivity contribution in [3.05, 3.63) is 83.1 Å². The molecular weight excluding hydrogens is 406 g/mol. The number of allylic oxidation sites excluding steroid dienone is 2. The van der Waals surface area contributed by atoms with E-state index in [4.69, 9.17) is 5.10 Å². The number of Topliss-reactive ketones (excluding diaryl/α,β-unsaturated/α-hetero) is 1. The Morgan fingerprint density at radius 3 is 2.45 bits per heavy atom. The van der Waals surface area contributed by atoms with Gasteiger partial charge in [-0.3, -0.25) is 4.79 Å². The number of rotatable bonds is 3. The minimum atomic E-state index is -0.442. The minimum absolute atomic E-state index is 0.0286. The number of hydrogen-bond acceptors (Lipinski definition) is 3. The van der Waals surface area contributed by atoms with Crippen molar-refractivity contribution in [2.24, 2.45) is 11.8 Å². The van der Waals surface area contributed by atoms with Crippen molar-refractivity contribution in [1.82, 2.24) is 9.78 Å². The number of nitrogens with zero attached hydrogens (tertiary/aromatic N) is 3. The van der Waals surface area contributed by atoms with E-state index in [1.165, 1.54) is 11.1 Å². The van der Waals surface area contributed by atoms with Gasteiger partial charge in [0.05, 0.1) is 22.6 Å². The lowest BCUT2D eigenvalue weighted by molar-refractivity contribution is -0.121. The molecule has 3 atom stereocenters. The van der Waals surface area contributed by atoms with Gasteiger partial charge in [-0.15, -0.1) is 0 Å². The van der Waals surface area contributed by atoms with Crippen molar-refractivity contribution < 1.29 is 4.79 Å². The molecule has 0 fully saturated rings. The third-order valence-corrected chi connectivity index (χ3v) is 7.67. The molecule has 4 nitrogen and oxygen atoms in total. The molecule has 0 aliphatic heterocycles. The number of aromatic nitrogens is 2. The highest BCUT2D eigenvalue weighted by molar-refractivity contribution is 6.02. The van der Waals surface area contributed by atoms with E-state index in [2.05, 4.69) is 67.9 Å². The molecule has 0 spiro atoms. The van der Waals surface area contributed by atoms with Crippen LogP contribution in [-0.2, 0) is 16.6 Å². The summed E-state index contributed by atoms with van der Waals surface area (Å²) in [5.41, 5.74) is 6.56. The van der Waals surface area contributed by atoms with E-state index in [0.717, 1.165) is 35.5 Å². The lowest BCUT2D eigenvalue weighted by atomic mass is 9.57. The Hall–Kier alpha value is -3.45.